The van der Waals surface area contributed by atoms with Gasteiger partial charge in [-0.05, 0) is 29.8 Å². The number of carbonyl (C=O) groups is 1. The second kappa shape index (κ2) is 10.2. The molecule has 8 heteroatoms. The molecule has 1 saturated heterocycles. The number of amides is 1. The van der Waals surface area contributed by atoms with E-state index >= 15 is 0 Å². The molecule has 0 aromatic heterocycles. The Morgan fingerprint density at radius 2 is 1.86 bits per heavy atom. The Bertz CT molecular complexity index is 857. The van der Waals surface area contributed by atoms with Crippen LogP contribution in [0.1, 0.15) is 22.0 Å². The lowest BCUT2D eigenvalue weighted by Crippen LogP contribution is -2.43. The van der Waals surface area contributed by atoms with Crippen LogP contribution in [-0.2, 0) is 4.74 Å². The number of hydrogen-bond acceptors (Lipinski definition) is 5. The van der Waals surface area contributed by atoms with Crippen LogP contribution < -0.4 is 14.8 Å². The largest absolute Gasteiger partial charge is 0.493 e. The van der Waals surface area contributed by atoms with Crippen molar-refractivity contribution in [2.45, 2.75) is 6.04 Å². The lowest BCUT2D eigenvalue weighted by atomic mass is 10.0. The van der Waals surface area contributed by atoms with Gasteiger partial charge in [-0.15, -0.1) is 0 Å². The molecule has 3 rings (SSSR count). The molecule has 1 N–H and O–H groups in total. The fraction of sp³-hybridized carbons (Fsp3) is 0.381. The second-order valence-corrected chi connectivity index (χ2v) is 7.38. The molecule has 29 heavy (non-hydrogen) atoms. The predicted octanol–water partition coefficient (Wildman–Crippen LogP) is 3.81. The topological polar surface area (TPSA) is 60.0 Å². The van der Waals surface area contributed by atoms with Crippen molar-refractivity contribution in [3.05, 3.63) is 57.6 Å². The van der Waals surface area contributed by atoms with Gasteiger partial charge in [-0.2, -0.15) is 0 Å². The van der Waals surface area contributed by atoms with E-state index in [0.717, 1.165) is 18.7 Å². The van der Waals surface area contributed by atoms with E-state index in [4.69, 9.17) is 37.4 Å². The molecule has 0 aliphatic carbocycles. The Kier molecular flexibility index (Phi) is 7.61. The number of nitrogens with one attached hydrogen (secondary N) is 1. The molecule has 6 nitrogen and oxygen atoms in total. The summed E-state index contributed by atoms with van der Waals surface area (Å²) in [5.74, 6) is 1.04. The maximum absolute atomic E-state index is 12.7. The minimum atomic E-state index is -0.267. The van der Waals surface area contributed by atoms with Gasteiger partial charge in [0.2, 0.25) is 0 Å². The number of benzene rings is 2. The summed E-state index contributed by atoms with van der Waals surface area (Å²) < 4.78 is 16.3. The zero-order chi connectivity index (χ0) is 20.8. The van der Waals surface area contributed by atoms with Crippen molar-refractivity contribution in [3.8, 4) is 11.5 Å². The molecule has 2 aromatic rings. The first-order valence-electron chi connectivity index (χ1n) is 9.31. The normalized spacial score (nSPS) is 15.6. The second-order valence-electron chi connectivity index (χ2n) is 6.59. The van der Waals surface area contributed by atoms with Gasteiger partial charge in [0.25, 0.3) is 5.91 Å². The number of carbonyl (C=O) groups excluding carboxylic acids is 1. The monoisotopic (exact) mass is 438 g/mol. The lowest BCUT2D eigenvalue weighted by molar-refractivity contribution is 0.0162. The summed E-state index contributed by atoms with van der Waals surface area (Å²) in [4.78, 5) is 15.0. The number of halogens is 2. The molecule has 1 aliphatic heterocycles. The number of hydrogen-bond donors (Lipinski definition) is 1. The zero-order valence-electron chi connectivity index (χ0n) is 16.4. The van der Waals surface area contributed by atoms with Crippen molar-refractivity contribution in [1.29, 1.82) is 0 Å². The molecule has 1 fully saturated rings. The molecule has 0 radical (unpaired) electrons. The SMILES string of the molecule is COc1ccc(C(CNC(=O)c2cccc(Cl)c2Cl)N2CCOCC2)cc1OC. The first-order valence-corrected chi connectivity index (χ1v) is 10.1. The van der Waals surface area contributed by atoms with Crippen LogP contribution in [0, 0.1) is 0 Å². The van der Waals surface area contributed by atoms with Crippen LogP contribution in [-0.4, -0.2) is 57.9 Å². The Hall–Kier alpha value is -1.99. The average Bonchev–Trinajstić information content (AvgIpc) is 2.76. The van der Waals surface area contributed by atoms with Gasteiger partial charge in [-0.1, -0.05) is 35.3 Å². The molecule has 0 saturated carbocycles. The van der Waals surface area contributed by atoms with E-state index in [9.17, 15) is 4.79 Å². The Balaban J connectivity index is 1.82. The van der Waals surface area contributed by atoms with Gasteiger partial charge in [0.1, 0.15) is 0 Å². The zero-order valence-corrected chi connectivity index (χ0v) is 17.9. The molecule has 2 aromatic carbocycles. The summed E-state index contributed by atoms with van der Waals surface area (Å²) in [6, 6.07) is 10.8. The number of nitrogens with zero attached hydrogens (tertiary/aromatic N) is 1. The third-order valence-electron chi connectivity index (χ3n) is 4.93. The third-order valence-corrected chi connectivity index (χ3v) is 5.75. The maximum atomic E-state index is 12.7. The highest BCUT2D eigenvalue weighted by Crippen LogP contribution is 2.32. The standard InChI is InChI=1S/C21H24Cl2N2O4/c1-27-18-7-6-14(12-19(18)28-2)17(25-8-10-29-11-9-25)13-24-21(26)15-4-3-5-16(22)20(15)23/h3-7,12,17H,8-11,13H2,1-2H3,(H,24,26). The predicted molar refractivity (Wildman–Crippen MR) is 113 cm³/mol. The van der Waals surface area contributed by atoms with E-state index in [1.807, 2.05) is 18.2 Å². The molecule has 0 bridgehead atoms. The number of morpholine rings is 1. The molecular formula is C21H24Cl2N2O4. The first kappa shape index (κ1) is 21.7. The summed E-state index contributed by atoms with van der Waals surface area (Å²) in [6.45, 7) is 3.24. The highest BCUT2D eigenvalue weighted by Gasteiger charge is 2.25. The van der Waals surface area contributed by atoms with Gasteiger partial charge >= 0.3 is 0 Å². The van der Waals surface area contributed by atoms with Crippen LogP contribution in [0.15, 0.2) is 36.4 Å². The fourth-order valence-electron chi connectivity index (χ4n) is 3.37. The van der Waals surface area contributed by atoms with E-state index in [0.29, 0.717) is 41.8 Å². The number of rotatable bonds is 7. The fourth-order valence-corrected chi connectivity index (χ4v) is 3.76. The highest BCUT2D eigenvalue weighted by atomic mass is 35.5. The van der Waals surface area contributed by atoms with E-state index in [1.165, 1.54) is 0 Å². The van der Waals surface area contributed by atoms with Gasteiger partial charge in [-0.25, -0.2) is 0 Å². The van der Waals surface area contributed by atoms with Crippen LogP contribution in [0.25, 0.3) is 0 Å². The summed E-state index contributed by atoms with van der Waals surface area (Å²) >= 11 is 12.2. The lowest BCUT2D eigenvalue weighted by Gasteiger charge is -2.35. The molecule has 156 valence electrons. The van der Waals surface area contributed by atoms with Crippen molar-refractivity contribution in [2.75, 3.05) is 47.1 Å². The van der Waals surface area contributed by atoms with Gasteiger partial charge in [0.15, 0.2) is 11.5 Å². The van der Waals surface area contributed by atoms with Crippen molar-refractivity contribution in [2.24, 2.45) is 0 Å². The minimum absolute atomic E-state index is 0.0550. The Labute approximate surface area is 180 Å². The van der Waals surface area contributed by atoms with Crippen molar-refractivity contribution in [3.63, 3.8) is 0 Å². The summed E-state index contributed by atoms with van der Waals surface area (Å²) in [5.41, 5.74) is 1.37. The maximum Gasteiger partial charge on any atom is 0.252 e. The molecule has 1 atom stereocenters. The Morgan fingerprint density at radius 1 is 1.14 bits per heavy atom. The molecule has 1 amide bonds. The van der Waals surface area contributed by atoms with Gasteiger partial charge < -0.3 is 19.5 Å². The molecule has 1 aliphatic rings. The molecular weight excluding hydrogens is 415 g/mol. The van der Waals surface area contributed by atoms with E-state index in [2.05, 4.69) is 10.2 Å². The van der Waals surface area contributed by atoms with Gasteiger partial charge in [-0.3, -0.25) is 9.69 Å². The highest BCUT2D eigenvalue weighted by molar-refractivity contribution is 6.43. The Morgan fingerprint density at radius 3 is 2.55 bits per heavy atom. The average molecular weight is 439 g/mol. The van der Waals surface area contributed by atoms with E-state index in [-0.39, 0.29) is 17.0 Å². The van der Waals surface area contributed by atoms with Gasteiger partial charge in [0.05, 0.1) is 49.1 Å². The first-order chi connectivity index (χ1) is 14.0. The van der Waals surface area contributed by atoms with Crippen molar-refractivity contribution >= 4 is 29.1 Å². The van der Waals surface area contributed by atoms with Crippen LogP contribution >= 0.6 is 23.2 Å². The van der Waals surface area contributed by atoms with E-state index in [1.54, 1.807) is 32.4 Å². The van der Waals surface area contributed by atoms with Crippen LogP contribution in [0.2, 0.25) is 10.0 Å². The molecule has 1 heterocycles. The summed E-state index contributed by atoms with van der Waals surface area (Å²) in [7, 11) is 3.21. The van der Waals surface area contributed by atoms with Crippen molar-refractivity contribution in [1.82, 2.24) is 10.2 Å². The van der Waals surface area contributed by atoms with Gasteiger partial charge in [0, 0.05) is 19.6 Å². The minimum Gasteiger partial charge on any atom is -0.493 e. The molecule has 1 unspecified atom stereocenters. The summed E-state index contributed by atoms with van der Waals surface area (Å²) in [5, 5.41) is 3.59. The smallest absolute Gasteiger partial charge is 0.252 e. The number of methoxy groups -OCH3 is 2. The van der Waals surface area contributed by atoms with Crippen molar-refractivity contribution < 1.29 is 19.0 Å². The van der Waals surface area contributed by atoms with Crippen LogP contribution in [0.5, 0.6) is 11.5 Å². The third kappa shape index (κ3) is 5.14. The van der Waals surface area contributed by atoms with Crippen LogP contribution in [0.4, 0.5) is 0 Å². The van der Waals surface area contributed by atoms with Crippen LogP contribution in [0.3, 0.4) is 0 Å². The summed E-state index contributed by atoms with van der Waals surface area (Å²) in [6.07, 6.45) is 0. The molecule has 0 spiro atoms. The van der Waals surface area contributed by atoms with E-state index < -0.39 is 0 Å². The quantitative estimate of drug-likeness (QED) is 0.711. The number of ether oxygens (including phenoxy) is 3.